The summed E-state index contributed by atoms with van der Waals surface area (Å²) >= 11 is 0. The fraction of sp³-hybridized carbons (Fsp3) is 0.667. The molecule has 39 heavy (non-hydrogen) atoms. The Kier molecular flexibility index (Phi) is 15.4. The molecule has 1 aromatic rings. The van der Waals surface area contributed by atoms with Crippen molar-refractivity contribution >= 4 is 23.9 Å². The molecule has 0 aliphatic rings. The van der Waals surface area contributed by atoms with Crippen LogP contribution in [-0.2, 0) is 23.9 Å². The third-order valence-electron chi connectivity index (χ3n) is 6.91. The lowest BCUT2D eigenvalue weighted by atomic mass is 9.82. The molecule has 0 aliphatic carbocycles. The van der Waals surface area contributed by atoms with Crippen LogP contribution in [0.3, 0.4) is 0 Å². The number of carbonyl (C=O) groups is 4. The van der Waals surface area contributed by atoms with Gasteiger partial charge in [-0.25, -0.2) is 0 Å². The van der Waals surface area contributed by atoms with Crippen LogP contribution in [0.25, 0.3) is 0 Å². The molecule has 3 unspecified atom stereocenters. The number of ether oxygens (including phenoxy) is 3. The molecule has 0 heterocycles. The Morgan fingerprint density at radius 3 is 1.87 bits per heavy atom. The van der Waals surface area contributed by atoms with Crippen molar-refractivity contribution < 1.29 is 38.5 Å². The van der Waals surface area contributed by atoms with Crippen LogP contribution in [0.2, 0.25) is 0 Å². The van der Waals surface area contributed by atoms with Crippen molar-refractivity contribution in [3.05, 3.63) is 23.8 Å². The molecule has 0 saturated carbocycles. The first kappa shape index (κ1) is 34.1. The van der Waals surface area contributed by atoms with Crippen LogP contribution in [-0.4, -0.2) is 41.6 Å². The third-order valence-corrected chi connectivity index (χ3v) is 6.91. The van der Waals surface area contributed by atoms with Crippen LogP contribution in [0.5, 0.6) is 11.5 Å². The van der Waals surface area contributed by atoms with E-state index >= 15 is 0 Å². The van der Waals surface area contributed by atoms with Gasteiger partial charge >= 0.3 is 23.9 Å². The molecule has 9 heteroatoms. The van der Waals surface area contributed by atoms with E-state index in [0.29, 0.717) is 18.4 Å². The molecule has 0 bridgehead atoms. The molecule has 0 aliphatic heterocycles. The minimum Gasteiger partial charge on any atom is -0.480 e. The minimum absolute atomic E-state index is 0.0260. The molecule has 0 aromatic heterocycles. The molecule has 4 atom stereocenters. The first-order valence-corrected chi connectivity index (χ1v) is 14.1. The van der Waals surface area contributed by atoms with E-state index in [2.05, 4.69) is 0 Å². The second-order valence-corrected chi connectivity index (χ2v) is 10.6. The smallest absolute Gasteiger partial charge is 0.321 e. The second kappa shape index (κ2) is 17.6. The van der Waals surface area contributed by atoms with E-state index in [0.717, 1.165) is 25.7 Å². The van der Waals surface area contributed by atoms with Crippen LogP contribution in [0.4, 0.5) is 0 Å². The summed E-state index contributed by atoms with van der Waals surface area (Å²) in [5, 5.41) is 9.73. The summed E-state index contributed by atoms with van der Waals surface area (Å²) in [6.07, 6.45) is 5.42. The molecule has 0 spiro atoms. The Hall–Kier alpha value is -2.94. The molecule has 9 nitrogen and oxygen atoms in total. The number of esters is 3. The summed E-state index contributed by atoms with van der Waals surface area (Å²) in [5.41, 5.74) is 6.56. The fourth-order valence-electron chi connectivity index (χ4n) is 4.05. The van der Waals surface area contributed by atoms with Crippen molar-refractivity contribution in [3.63, 3.8) is 0 Å². The zero-order valence-corrected chi connectivity index (χ0v) is 24.4. The summed E-state index contributed by atoms with van der Waals surface area (Å²) in [5.74, 6) is -3.89. The topological polar surface area (TPSA) is 142 Å². The largest absolute Gasteiger partial charge is 0.480 e. The highest BCUT2D eigenvalue weighted by molar-refractivity contribution is 5.77. The number of carboxylic acid groups (broad SMARTS) is 1. The van der Waals surface area contributed by atoms with Gasteiger partial charge in [-0.1, -0.05) is 73.3 Å². The maximum absolute atomic E-state index is 12.6. The first-order chi connectivity index (χ1) is 18.4. The summed E-state index contributed by atoms with van der Waals surface area (Å²) < 4.78 is 16.6. The van der Waals surface area contributed by atoms with Gasteiger partial charge in [-0.15, -0.1) is 0 Å². The van der Waals surface area contributed by atoms with Crippen molar-refractivity contribution in [3.8, 4) is 11.5 Å². The molecule has 1 rings (SSSR count). The van der Waals surface area contributed by atoms with Gasteiger partial charge < -0.3 is 25.1 Å². The van der Waals surface area contributed by atoms with Crippen LogP contribution < -0.4 is 15.2 Å². The van der Waals surface area contributed by atoms with E-state index in [-0.39, 0.29) is 48.8 Å². The maximum Gasteiger partial charge on any atom is 0.321 e. The highest BCUT2D eigenvalue weighted by Gasteiger charge is 2.33. The summed E-state index contributed by atoms with van der Waals surface area (Å²) in [7, 11) is 0. The van der Waals surface area contributed by atoms with Crippen molar-refractivity contribution in [1.82, 2.24) is 0 Å². The number of unbranched alkanes of at least 4 members (excludes halogenated alkanes) is 4. The Morgan fingerprint density at radius 1 is 0.846 bits per heavy atom. The first-order valence-electron chi connectivity index (χ1n) is 14.1. The van der Waals surface area contributed by atoms with Gasteiger partial charge in [0.05, 0.1) is 12.5 Å². The number of aliphatic carboxylic acids is 1. The van der Waals surface area contributed by atoms with Gasteiger partial charge in [0.25, 0.3) is 0 Å². The predicted octanol–water partition coefficient (Wildman–Crippen LogP) is 5.62. The van der Waals surface area contributed by atoms with E-state index < -0.39 is 35.8 Å². The van der Waals surface area contributed by atoms with Crippen molar-refractivity contribution in [2.24, 2.45) is 23.5 Å². The van der Waals surface area contributed by atoms with Crippen LogP contribution >= 0.6 is 0 Å². The highest BCUT2D eigenvalue weighted by atomic mass is 16.6. The molecule has 0 amide bonds. The molecule has 3 N–H and O–H groups in total. The van der Waals surface area contributed by atoms with Gasteiger partial charge in [0.2, 0.25) is 0 Å². The minimum atomic E-state index is -1.32. The zero-order valence-electron chi connectivity index (χ0n) is 24.4. The van der Waals surface area contributed by atoms with Crippen molar-refractivity contribution in [1.29, 1.82) is 0 Å². The summed E-state index contributed by atoms with van der Waals surface area (Å²) in [6.45, 7) is 11.4. The molecule has 0 radical (unpaired) electrons. The average Bonchev–Trinajstić information content (AvgIpc) is 2.88. The Labute approximate surface area is 232 Å². The number of nitrogens with two attached hydrogens (primary N) is 1. The quantitative estimate of drug-likeness (QED) is 0.135. The predicted molar refractivity (Wildman–Crippen MR) is 148 cm³/mol. The lowest BCUT2D eigenvalue weighted by Gasteiger charge is -2.28. The summed E-state index contributed by atoms with van der Waals surface area (Å²) in [6, 6.07) is 3.26. The normalized spacial score (nSPS) is 14.3. The Bertz CT molecular complexity index is 945. The van der Waals surface area contributed by atoms with Gasteiger partial charge in [0, 0.05) is 18.8 Å². The monoisotopic (exact) mass is 549 g/mol. The van der Waals surface area contributed by atoms with E-state index in [1.54, 1.807) is 19.9 Å². The van der Waals surface area contributed by atoms with Gasteiger partial charge in [0.1, 0.15) is 6.04 Å². The number of rotatable bonds is 18. The highest BCUT2D eigenvalue weighted by Crippen LogP contribution is 2.36. The Morgan fingerprint density at radius 2 is 1.38 bits per heavy atom. The fourth-order valence-corrected chi connectivity index (χ4v) is 4.05. The van der Waals surface area contributed by atoms with E-state index in [1.807, 2.05) is 27.7 Å². The van der Waals surface area contributed by atoms with E-state index in [1.165, 1.54) is 12.1 Å². The van der Waals surface area contributed by atoms with Crippen LogP contribution in [0.1, 0.15) is 104 Å². The molecule has 0 fully saturated rings. The standard InChI is InChI=1S/C30H47NO8/c1-7-9-11-13-25(32)38-23-16-15-22(17-24(23)39-26(33)14-12-10-8-2)27(28(31)29(34)35)20(5)18-37-30(36)21(6)19(3)4/h15-17,19-21,27-28H,7-14,18,31H2,1-6H3,(H,34,35)/t20?,21?,27?,28-/m0/s1. The molecule has 0 saturated heterocycles. The number of carbonyl (C=O) groups excluding carboxylic acids is 3. The third kappa shape index (κ3) is 11.8. The Balaban J connectivity index is 3.30. The number of carboxylic acids is 1. The van der Waals surface area contributed by atoms with Gasteiger partial charge in [-0.3, -0.25) is 19.2 Å². The molecule has 220 valence electrons. The lowest BCUT2D eigenvalue weighted by Crippen LogP contribution is -2.41. The van der Waals surface area contributed by atoms with Crippen LogP contribution in [0, 0.1) is 17.8 Å². The number of hydrogen-bond donors (Lipinski definition) is 2. The number of hydrogen-bond acceptors (Lipinski definition) is 8. The summed E-state index contributed by atoms with van der Waals surface area (Å²) in [4.78, 5) is 49.3. The van der Waals surface area contributed by atoms with Gasteiger partial charge in [-0.05, 0) is 42.4 Å². The van der Waals surface area contributed by atoms with E-state index in [9.17, 15) is 24.3 Å². The number of benzene rings is 1. The van der Waals surface area contributed by atoms with Gasteiger partial charge in [0.15, 0.2) is 11.5 Å². The average molecular weight is 550 g/mol. The van der Waals surface area contributed by atoms with Crippen molar-refractivity contribution in [2.45, 2.75) is 105 Å². The maximum atomic E-state index is 12.6. The zero-order chi connectivity index (χ0) is 29.5. The van der Waals surface area contributed by atoms with Gasteiger partial charge in [-0.2, -0.15) is 0 Å². The SMILES string of the molecule is CCCCCC(=O)Oc1ccc(C(C(C)COC(=O)C(C)C(C)C)[C@H](N)C(=O)O)cc1OC(=O)CCCCC. The lowest BCUT2D eigenvalue weighted by molar-refractivity contribution is -0.151. The van der Waals surface area contributed by atoms with E-state index in [4.69, 9.17) is 19.9 Å². The second-order valence-electron chi connectivity index (χ2n) is 10.6. The van der Waals surface area contributed by atoms with Crippen molar-refractivity contribution in [2.75, 3.05) is 6.61 Å². The molecular weight excluding hydrogens is 502 g/mol. The van der Waals surface area contributed by atoms with Crippen LogP contribution in [0.15, 0.2) is 18.2 Å². The molecule has 1 aromatic carbocycles. The molecular formula is C30H47NO8.